The zero-order valence-corrected chi connectivity index (χ0v) is 71.0. The maximum atomic E-state index is 4.17. The van der Waals surface area contributed by atoms with Crippen LogP contribution in [0.4, 0.5) is 0 Å². The normalized spacial score (nSPS) is 9.02. The summed E-state index contributed by atoms with van der Waals surface area (Å²) in [5.41, 5.74) is 0. The summed E-state index contributed by atoms with van der Waals surface area (Å²) in [6.45, 7) is 0. The summed E-state index contributed by atoms with van der Waals surface area (Å²) in [5, 5.41) is 17.2. The third-order valence-corrected chi connectivity index (χ3v) is 23.7. The summed E-state index contributed by atoms with van der Waals surface area (Å²) in [6, 6.07) is 130. The van der Waals surface area contributed by atoms with E-state index >= 15 is 0 Å². The zero-order valence-electron chi connectivity index (χ0n) is 48.2. The molecule has 18 heteroatoms. The molecule has 0 heterocycles. The van der Waals surface area contributed by atoms with Crippen LogP contribution in [0.5, 0.6) is 0 Å². The van der Waals surface area contributed by atoms with E-state index in [-0.39, 0.29) is 170 Å². The van der Waals surface area contributed by atoms with Gasteiger partial charge in [-0.1, -0.05) is 218 Å². The summed E-state index contributed by atoms with van der Waals surface area (Å²) >= 11 is 2.33. The van der Waals surface area contributed by atoms with E-state index in [2.05, 4.69) is 384 Å². The molecular weight excluding hydrogens is 2040 g/mol. The van der Waals surface area contributed by atoms with Gasteiger partial charge < -0.3 is 81.0 Å². The quantitative estimate of drug-likeness (QED) is 0.0507. The number of rotatable bonds is 12. The van der Waals surface area contributed by atoms with Crippen molar-refractivity contribution in [2.75, 3.05) is 0 Å². The van der Waals surface area contributed by atoms with Gasteiger partial charge in [0.2, 0.25) is 0 Å². The Morgan fingerprint density at radius 1 is 0.133 bits per heavy atom. The molecule has 12 rings (SSSR count). The van der Waals surface area contributed by atoms with Crippen LogP contribution in [0.3, 0.4) is 0 Å². The number of benzene rings is 12. The topological polar surface area (TPSA) is 0 Å². The second kappa shape index (κ2) is 58.4. The Hall–Kier alpha value is -0.762. The predicted octanol–water partition coefficient (Wildman–Crippen LogP) is 12.4. The van der Waals surface area contributed by atoms with Gasteiger partial charge in [0.05, 0.1) is 31.7 Å². The van der Waals surface area contributed by atoms with E-state index in [4.69, 9.17) is 0 Å². The Morgan fingerprint density at radius 3 is 0.244 bits per heavy atom. The van der Waals surface area contributed by atoms with E-state index in [1.807, 2.05) is 0 Å². The number of hydrogen-bond acceptors (Lipinski definition) is 8. The molecule has 0 saturated heterocycles. The van der Waals surface area contributed by atoms with E-state index in [9.17, 15) is 0 Å². The first kappa shape index (κ1) is 95.6. The summed E-state index contributed by atoms with van der Waals surface area (Å²) in [7, 11) is 4.82. The summed E-state index contributed by atoms with van der Waals surface area (Å²) in [5.74, 6) is 0. The Balaban J connectivity index is -0.000000519. The van der Waals surface area contributed by atoms with E-state index in [1.165, 1.54) is 99.6 Å². The molecule has 0 nitrogen and oxygen atoms in total. The van der Waals surface area contributed by atoms with Crippen LogP contribution in [0.15, 0.2) is 364 Å². The first-order chi connectivity index (χ1) is 39.8. The van der Waals surface area contributed by atoms with Crippen molar-refractivity contribution < 1.29 is 126 Å². The average molecular weight is 2110 g/mol. The molecule has 0 aliphatic rings. The van der Waals surface area contributed by atoms with Crippen LogP contribution in [0.25, 0.3) is 0 Å². The summed E-state index contributed by atoms with van der Waals surface area (Å²) in [4.78, 5) is 0. The van der Waals surface area contributed by atoms with Crippen molar-refractivity contribution >= 4 is 196 Å². The molecule has 484 valence electrons. The zero-order chi connectivity index (χ0) is 55.7. The van der Waals surface area contributed by atoms with Gasteiger partial charge in [0, 0.05) is 89.5 Å². The van der Waals surface area contributed by atoms with Crippen molar-refractivity contribution in [3.63, 3.8) is 0 Å². The van der Waals surface area contributed by atoms with Gasteiger partial charge in [-0.25, -0.2) is 0 Å². The Bertz CT molecular complexity index is 2680. The molecule has 0 N–H and O–H groups in total. The molecule has 0 spiro atoms. The van der Waals surface area contributed by atoms with Crippen LogP contribution < -0.4 is 63.7 Å². The molecule has 0 atom stereocenters. The second-order valence-corrected chi connectivity index (χ2v) is 27.8. The number of thiol groups is 6. The smallest absolute Gasteiger partial charge is 0.0620 e. The molecule has 0 bridgehead atoms. The summed E-state index contributed by atoms with van der Waals surface area (Å²) in [6.07, 6.45) is 0. The van der Waals surface area contributed by atoms with Gasteiger partial charge in [0.15, 0.2) is 0 Å². The minimum Gasteiger partial charge on any atom is -0.0620 e. The largest absolute Gasteiger partial charge is 0.102 e. The average Bonchev–Trinajstić information content (AvgIpc) is 3.26. The van der Waals surface area contributed by atoms with Gasteiger partial charge in [-0.2, -0.15) is 0 Å². The fraction of sp³-hybridized carbons (Fsp3) is 0. The molecule has 4 radical (unpaired) electrons. The van der Waals surface area contributed by atoms with Gasteiger partial charge in [0.25, 0.3) is 0 Å². The van der Waals surface area contributed by atoms with Crippen LogP contribution >= 0.6 is 51.3 Å². The van der Waals surface area contributed by atoms with Crippen LogP contribution in [0.2, 0.25) is 0 Å². The molecule has 12 aromatic carbocycles. The van der Waals surface area contributed by atoms with E-state index in [1.54, 1.807) is 0 Å². The maximum Gasteiger partial charge on any atom is 0.102 e. The first-order valence-electron chi connectivity index (χ1n) is 26.3. The monoisotopic (exact) mass is 2110 g/mol. The Labute approximate surface area is 675 Å². The van der Waals surface area contributed by atoms with E-state index in [0.29, 0.717) is 0 Å². The van der Waals surface area contributed by atoms with Gasteiger partial charge in [-0.15, -0.1) is 0 Å². The van der Waals surface area contributed by atoms with Crippen molar-refractivity contribution in [1.82, 2.24) is 0 Å². The SMILES string of the molecule is [Ag].[Ag].[Ag].[Ag].[SH-].[SH-].[SH-].[SH-].[SH-].[SH-].[S]=[W].[S]=[W].c1ccc([PH+](c2ccccc2)c2ccccc2)cc1.c1ccc([PH+](c2ccccc2)c2ccccc2)cc1.c1ccc([PH+](c2ccccc2)c2ccccc2)cc1.c1ccc([PH+](c2ccccc2)c2ccccc2)cc1. The van der Waals surface area contributed by atoms with E-state index < -0.39 is 31.7 Å². The first-order valence-corrected chi connectivity index (χ1v) is 40.1. The Morgan fingerprint density at radius 2 is 0.189 bits per heavy atom. The Kier molecular flexibility index (Phi) is 62.0. The molecule has 0 saturated carbocycles. The van der Waals surface area contributed by atoms with Gasteiger partial charge >= 0.3 is 55.6 Å². The van der Waals surface area contributed by atoms with Gasteiger partial charge in [-0.05, 0) is 146 Å². The molecule has 0 aromatic heterocycles. The van der Waals surface area contributed by atoms with Crippen LogP contribution in [-0.4, -0.2) is 0 Å². The van der Waals surface area contributed by atoms with Crippen LogP contribution in [0, 0.1) is 0 Å². The maximum absolute atomic E-state index is 4.17. The summed E-state index contributed by atoms with van der Waals surface area (Å²) < 4.78 is 0. The van der Waals surface area contributed by atoms with Crippen molar-refractivity contribution in [1.29, 1.82) is 0 Å². The van der Waals surface area contributed by atoms with Crippen molar-refractivity contribution in [2.24, 2.45) is 0 Å². The minimum atomic E-state index is -0.877. The van der Waals surface area contributed by atoms with E-state index in [0.717, 1.165) is 0 Å². The van der Waals surface area contributed by atoms with Crippen molar-refractivity contribution in [3.8, 4) is 0 Å². The second-order valence-electron chi connectivity index (χ2n) is 17.9. The predicted molar refractivity (Wildman–Crippen MR) is 414 cm³/mol. The molecule has 90 heavy (non-hydrogen) atoms. The fourth-order valence-electron chi connectivity index (χ4n) is 9.26. The molecule has 12 aromatic rings. The molecule has 0 unspecified atom stereocenters. The third-order valence-electron chi connectivity index (χ3n) is 12.7. The molecule has 0 amide bonds. The van der Waals surface area contributed by atoms with Crippen LogP contribution in [-0.2, 0) is 206 Å². The third kappa shape index (κ3) is 31.6. The molecule has 0 fully saturated rings. The standard InChI is InChI=1S/4C18H15P.4Ag.6H2S.2S.2W/c4*1-4-10-16(11-5-1)19(17-12-6-2-7-13-17)18-14-8-3-9-15-18;;;;;;;;;;;;;;/h4*1-15H;;;;;6*1H2;;;;/p-2. The molecule has 0 aliphatic carbocycles. The fourth-order valence-corrected chi connectivity index (χ4v) is 19.6. The number of hydrogen-bond donors (Lipinski definition) is 0. The van der Waals surface area contributed by atoms with Gasteiger partial charge in [-0.3, -0.25) is 0 Å². The molecule has 0 aliphatic heterocycles. The van der Waals surface area contributed by atoms with Crippen LogP contribution in [0.1, 0.15) is 0 Å². The van der Waals surface area contributed by atoms with Crippen molar-refractivity contribution in [3.05, 3.63) is 364 Å². The van der Waals surface area contributed by atoms with Crippen molar-refractivity contribution in [2.45, 2.75) is 0 Å². The van der Waals surface area contributed by atoms with Gasteiger partial charge in [0.1, 0.15) is 63.7 Å². The molecular formula is C72H70Ag4P4S8W2-2. The minimum absolute atomic E-state index is 0.